The predicted octanol–water partition coefficient (Wildman–Crippen LogP) is 3.99. The van der Waals surface area contributed by atoms with E-state index in [1.807, 2.05) is 18.2 Å². The van der Waals surface area contributed by atoms with E-state index in [2.05, 4.69) is 26.1 Å². The van der Waals surface area contributed by atoms with Crippen LogP contribution in [0.15, 0.2) is 40.9 Å². The summed E-state index contributed by atoms with van der Waals surface area (Å²) in [6.07, 6.45) is 1.05. The van der Waals surface area contributed by atoms with Gasteiger partial charge in [0, 0.05) is 24.1 Å². The van der Waals surface area contributed by atoms with Crippen molar-refractivity contribution in [3.63, 3.8) is 0 Å². The Morgan fingerprint density at radius 3 is 2.58 bits per heavy atom. The Kier molecular flexibility index (Phi) is 6.51. The van der Waals surface area contributed by atoms with Gasteiger partial charge in [0.15, 0.2) is 11.5 Å². The molecule has 0 aliphatic carbocycles. The zero-order chi connectivity index (χ0) is 18.5. The Morgan fingerprint density at radius 2 is 1.85 bits per heavy atom. The topological polar surface area (TPSA) is 33.7 Å². The summed E-state index contributed by atoms with van der Waals surface area (Å²) >= 11 is 3.68. The number of benzene rings is 2. The number of hydrogen-bond acceptors (Lipinski definition) is 4. The highest BCUT2D eigenvalue weighted by atomic mass is 79.9. The molecule has 3 rings (SSSR count). The lowest BCUT2D eigenvalue weighted by Crippen LogP contribution is -2.33. The minimum atomic E-state index is -0.225. The van der Waals surface area contributed by atoms with Crippen molar-refractivity contribution in [2.24, 2.45) is 0 Å². The van der Waals surface area contributed by atoms with Crippen LogP contribution in [0.25, 0.3) is 0 Å². The van der Waals surface area contributed by atoms with E-state index in [0.29, 0.717) is 11.5 Å². The molecule has 1 unspecified atom stereocenters. The van der Waals surface area contributed by atoms with E-state index in [-0.39, 0.29) is 11.9 Å². The Hall–Kier alpha value is -1.63. The first-order valence-electron chi connectivity index (χ1n) is 8.75. The summed E-state index contributed by atoms with van der Waals surface area (Å²) < 4.78 is 25.8. The quantitative estimate of drug-likeness (QED) is 0.789. The van der Waals surface area contributed by atoms with Gasteiger partial charge < -0.3 is 14.8 Å². The van der Waals surface area contributed by atoms with Crippen LogP contribution in [0.1, 0.15) is 23.6 Å². The summed E-state index contributed by atoms with van der Waals surface area (Å²) in [6.45, 7) is 3.74. The molecule has 4 nitrogen and oxygen atoms in total. The molecule has 140 valence electrons. The summed E-state index contributed by atoms with van der Waals surface area (Å²) in [5.41, 5.74) is 1.97. The molecule has 1 saturated heterocycles. The summed E-state index contributed by atoms with van der Waals surface area (Å²) in [5, 5.41) is 3.43. The number of ether oxygens (including phenoxy) is 2. The van der Waals surface area contributed by atoms with Gasteiger partial charge in [-0.2, -0.15) is 0 Å². The van der Waals surface area contributed by atoms with Crippen LogP contribution in [0.4, 0.5) is 4.39 Å². The van der Waals surface area contributed by atoms with Crippen LogP contribution in [-0.4, -0.2) is 45.3 Å². The minimum absolute atomic E-state index is 0.0696. The molecule has 6 heteroatoms. The third-order valence-electron chi connectivity index (χ3n) is 4.70. The van der Waals surface area contributed by atoms with Crippen LogP contribution >= 0.6 is 15.9 Å². The van der Waals surface area contributed by atoms with Gasteiger partial charge in [-0.3, -0.25) is 4.90 Å². The van der Waals surface area contributed by atoms with Crippen molar-refractivity contribution in [2.45, 2.75) is 12.5 Å². The fraction of sp³-hybridized carbons (Fsp3) is 0.400. The molecular formula is C20H24BrFN2O2. The third kappa shape index (κ3) is 4.19. The molecule has 0 bridgehead atoms. The van der Waals surface area contributed by atoms with Crippen molar-refractivity contribution in [2.75, 3.05) is 40.4 Å². The fourth-order valence-corrected chi connectivity index (χ4v) is 4.01. The van der Waals surface area contributed by atoms with E-state index in [0.717, 1.165) is 48.2 Å². The number of nitrogens with one attached hydrogen (secondary N) is 1. The van der Waals surface area contributed by atoms with Gasteiger partial charge in [0.25, 0.3) is 0 Å². The molecule has 26 heavy (non-hydrogen) atoms. The predicted molar refractivity (Wildman–Crippen MR) is 105 cm³/mol. The second-order valence-corrected chi connectivity index (χ2v) is 7.18. The van der Waals surface area contributed by atoms with Crippen molar-refractivity contribution in [1.82, 2.24) is 10.2 Å². The molecule has 1 heterocycles. The first-order chi connectivity index (χ1) is 12.6. The first kappa shape index (κ1) is 19.1. The standard InChI is InChI=1S/C20H24BrFN2O2/c1-25-18-12-16(17(21)13-19(18)26-2)20(14-5-3-6-15(22)11-14)24-9-4-7-23-8-10-24/h3,5-6,11-13,20,23H,4,7-10H2,1-2H3. The van der Waals surface area contributed by atoms with E-state index in [4.69, 9.17) is 9.47 Å². The van der Waals surface area contributed by atoms with Crippen molar-refractivity contribution in [3.05, 3.63) is 57.8 Å². The summed E-state index contributed by atoms with van der Waals surface area (Å²) in [4.78, 5) is 2.39. The molecule has 0 spiro atoms. The normalized spacial score (nSPS) is 16.8. The minimum Gasteiger partial charge on any atom is -0.493 e. The van der Waals surface area contributed by atoms with Crippen LogP contribution in [0.3, 0.4) is 0 Å². The Morgan fingerprint density at radius 1 is 1.08 bits per heavy atom. The summed E-state index contributed by atoms with van der Waals surface area (Å²) in [7, 11) is 3.25. The summed E-state index contributed by atoms with van der Waals surface area (Å²) in [5.74, 6) is 1.11. The van der Waals surface area contributed by atoms with Gasteiger partial charge in [-0.25, -0.2) is 4.39 Å². The highest BCUT2D eigenvalue weighted by Gasteiger charge is 2.27. The highest BCUT2D eigenvalue weighted by Crippen LogP contribution is 2.40. The molecule has 2 aromatic carbocycles. The Labute approximate surface area is 162 Å². The van der Waals surface area contributed by atoms with E-state index in [9.17, 15) is 4.39 Å². The maximum Gasteiger partial charge on any atom is 0.161 e. The van der Waals surface area contributed by atoms with Crippen molar-refractivity contribution < 1.29 is 13.9 Å². The van der Waals surface area contributed by atoms with Crippen LogP contribution < -0.4 is 14.8 Å². The number of rotatable bonds is 5. The second-order valence-electron chi connectivity index (χ2n) is 6.33. The number of halogens is 2. The van der Waals surface area contributed by atoms with Gasteiger partial charge in [0.05, 0.1) is 20.3 Å². The highest BCUT2D eigenvalue weighted by molar-refractivity contribution is 9.10. The number of nitrogens with zero attached hydrogens (tertiary/aromatic N) is 1. The average molecular weight is 423 g/mol. The van der Waals surface area contributed by atoms with Gasteiger partial charge >= 0.3 is 0 Å². The Balaban J connectivity index is 2.11. The molecule has 1 N–H and O–H groups in total. The summed E-state index contributed by atoms with van der Waals surface area (Å²) in [6, 6.07) is 10.7. The molecule has 0 radical (unpaired) electrons. The zero-order valence-corrected chi connectivity index (χ0v) is 16.7. The lowest BCUT2D eigenvalue weighted by atomic mass is 9.96. The van der Waals surface area contributed by atoms with E-state index in [1.54, 1.807) is 26.4 Å². The molecule has 1 aliphatic heterocycles. The fourth-order valence-electron chi connectivity index (χ4n) is 3.47. The molecule has 0 amide bonds. The van der Waals surface area contributed by atoms with Gasteiger partial charge in [0.2, 0.25) is 0 Å². The molecule has 2 aromatic rings. The van der Waals surface area contributed by atoms with Gasteiger partial charge in [0.1, 0.15) is 5.82 Å². The molecule has 0 saturated carbocycles. The van der Waals surface area contributed by atoms with Crippen LogP contribution in [0.2, 0.25) is 0 Å². The van der Waals surface area contributed by atoms with Crippen molar-refractivity contribution in [1.29, 1.82) is 0 Å². The third-order valence-corrected chi connectivity index (χ3v) is 5.39. The lowest BCUT2D eigenvalue weighted by molar-refractivity contribution is 0.239. The van der Waals surface area contributed by atoms with Crippen molar-refractivity contribution >= 4 is 15.9 Å². The maximum atomic E-state index is 14.0. The largest absolute Gasteiger partial charge is 0.493 e. The second kappa shape index (κ2) is 8.84. The van der Waals surface area contributed by atoms with E-state index < -0.39 is 0 Å². The average Bonchev–Trinajstić information content (AvgIpc) is 2.92. The first-order valence-corrected chi connectivity index (χ1v) is 9.55. The molecule has 1 atom stereocenters. The van der Waals surface area contributed by atoms with Gasteiger partial charge in [-0.1, -0.05) is 28.1 Å². The van der Waals surface area contributed by atoms with Crippen LogP contribution in [0, 0.1) is 5.82 Å². The SMILES string of the molecule is COc1cc(Br)c(C(c2cccc(F)c2)N2CCCNCC2)cc1OC. The van der Waals surface area contributed by atoms with Crippen LogP contribution in [0.5, 0.6) is 11.5 Å². The van der Waals surface area contributed by atoms with Gasteiger partial charge in [-0.15, -0.1) is 0 Å². The van der Waals surface area contributed by atoms with Crippen molar-refractivity contribution in [3.8, 4) is 11.5 Å². The molecule has 1 fully saturated rings. The monoisotopic (exact) mass is 422 g/mol. The Bertz CT molecular complexity index is 749. The van der Waals surface area contributed by atoms with E-state index in [1.165, 1.54) is 6.07 Å². The number of methoxy groups -OCH3 is 2. The maximum absolute atomic E-state index is 14.0. The molecule has 1 aliphatic rings. The van der Waals surface area contributed by atoms with Gasteiger partial charge in [-0.05, 0) is 48.4 Å². The smallest absolute Gasteiger partial charge is 0.161 e. The van der Waals surface area contributed by atoms with E-state index >= 15 is 0 Å². The number of hydrogen-bond donors (Lipinski definition) is 1. The molecular weight excluding hydrogens is 399 g/mol. The lowest BCUT2D eigenvalue weighted by Gasteiger charge is -2.32. The van der Waals surface area contributed by atoms with Crippen LogP contribution in [-0.2, 0) is 0 Å². The molecule has 0 aromatic heterocycles. The zero-order valence-electron chi connectivity index (χ0n) is 15.1.